The number of likely N-dealkylation sites (N-methyl/N-ethyl adjacent to an activating group) is 1. The molecule has 0 amide bonds. The number of nitrogens with zero attached hydrogens (tertiary/aromatic N) is 2. The molecule has 2 N–H and O–H groups in total. The number of likely N-dealkylation sites (tertiary alicyclic amines) is 1. The van der Waals surface area contributed by atoms with Crippen molar-refractivity contribution in [3.8, 4) is 0 Å². The first-order chi connectivity index (χ1) is 9.50. The topological polar surface area (TPSA) is 38.7 Å². The molecule has 1 aliphatic rings. The predicted molar refractivity (Wildman–Crippen MR) is 86.2 cm³/mol. The minimum atomic E-state index is -0.0901. The third kappa shape index (κ3) is 6.08. The standard InChI is InChI=1S/C16H35N3O/c1-5-10-17-16(2,14-20)9-6-7-11-19-12-8-15(13-19)18(3)4/h15,17,20H,5-14H2,1-4H3. The van der Waals surface area contributed by atoms with Gasteiger partial charge in [-0.15, -0.1) is 0 Å². The molecule has 4 heteroatoms. The Labute approximate surface area is 125 Å². The van der Waals surface area contributed by atoms with Crippen LogP contribution in [0, 0.1) is 0 Å². The third-order valence-electron chi connectivity index (χ3n) is 4.58. The molecule has 0 radical (unpaired) electrons. The summed E-state index contributed by atoms with van der Waals surface area (Å²) in [5.41, 5.74) is -0.0901. The zero-order valence-corrected chi connectivity index (χ0v) is 14.0. The highest BCUT2D eigenvalue weighted by Gasteiger charge is 2.24. The van der Waals surface area contributed by atoms with Gasteiger partial charge in [0.05, 0.1) is 6.61 Å². The molecule has 4 nitrogen and oxygen atoms in total. The van der Waals surface area contributed by atoms with E-state index in [1.165, 1.54) is 38.9 Å². The minimum Gasteiger partial charge on any atom is -0.394 e. The van der Waals surface area contributed by atoms with Crippen molar-refractivity contribution < 1.29 is 5.11 Å². The lowest BCUT2D eigenvalue weighted by atomic mass is 9.95. The van der Waals surface area contributed by atoms with E-state index in [1.54, 1.807) is 0 Å². The van der Waals surface area contributed by atoms with Gasteiger partial charge < -0.3 is 20.2 Å². The molecule has 120 valence electrons. The molecule has 0 bridgehead atoms. The number of aliphatic hydroxyl groups excluding tert-OH is 1. The fraction of sp³-hybridized carbons (Fsp3) is 1.00. The normalized spacial score (nSPS) is 23.4. The monoisotopic (exact) mass is 285 g/mol. The first-order valence-electron chi connectivity index (χ1n) is 8.25. The van der Waals surface area contributed by atoms with Crippen molar-refractivity contribution >= 4 is 0 Å². The molecule has 1 fully saturated rings. The van der Waals surface area contributed by atoms with Crippen molar-refractivity contribution in [3.63, 3.8) is 0 Å². The van der Waals surface area contributed by atoms with E-state index >= 15 is 0 Å². The highest BCUT2D eigenvalue weighted by atomic mass is 16.3. The molecule has 1 aliphatic heterocycles. The van der Waals surface area contributed by atoms with Crippen LogP contribution in [0.3, 0.4) is 0 Å². The van der Waals surface area contributed by atoms with E-state index in [9.17, 15) is 5.11 Å². The summed E-state index contributed by atoms with van der Waals surface area (Å²) >= 11 is 0. The zero-order chi connectivity index (χ0) is 15.0. The van der Waals surface area contributed by atoms with E-state index in [0.717, 1.165) is 25.4 Å². The Balaban J connectivity index is 2.15. The second-order valence-corrected chi connectivity index (χ2v) is 6.81. The Morgan fingerprint density at radius 1 is 1.35 bits per heavy atom. The van der Waals surface area contributed by atoms with Gasteiger partial charge in [0, 0.05) is 18.1 Å². The van der Waals surface area contributed by atoms with Gasteiger partial charge in [0.1, 0.15) is 0 Å². The Hall–Kier alpha value is -0.160. The second kappa shape index (κ2) is 8.98. The highest BCUT2D eigenvalue weighted by Crippen LogP contribution is 2.16. The molecule has 0 aromatic carbocycles. The molecule has 2 atom stereocenters. The van der Waals surface area contributed by atoms with Gasteiger partial charge in [0.15, 0.2) is 0 Å². The van der Waals surface area contributed by atoms with Gasteiger partial charge in [-0.2, -0.15) is 0 Å². The van der Waals surface area contributed by atoms with Crippen LogP contribution in [0.5, 0.6) is 0 Å². The average molecular weight is 285 g/mol. The van der Waals surface area contributed by atoms with Crippen LogP contribution in [0.15, 0.2) is 0 Å². The van der Waals surface area contributed by atoms with Gasteiger partial charge in [-0.25, -0.2) is 0 Å². The van der Waals surface area contributed by atoms with Crippen LogP contribution in [0.4, 0.5) is 0 Å². The maximum absolute atomic E-state index is 9.54. The lowest BCUT2D eigenvalue weighted by Gasteiger charge is -2.29. The van der Waals surface area contributed by atoms with Crippen LogP contribution >= 0.6 is 0 Å². The number of nitrogens with one attached hydrogen (secondary N) is 1. The molecule has 0 aromatic heterocycles. The lowest BCUT2D eigenvalue weighted by molar-refractivity contribution is 0.161. The number of unbranched alkanes of at least 4 members (excludes halogenated alkanes) is 1. The second-order valence-electron chi connectivity index (χ2n) is 6.81. The smallest absolute Gasteiger partial charge is 0.0610 e. The lowest BCUT2D eigenvalue weighted by Crippen LogP contribution is -2.46. The van der Waals surface area contributed by atoms with Crippen LogP contribution in [0.2, 0.25) is 0 Å². The van der Waals surface area contributed by atoms with Gasteiger partial charge in [0.25, 0.3) is 0 Å². The predicted octanol–water partition coefficient (Wildman–Crippen LogP) is 1.54. The SMILES string of the molecule is CCCNC(C)(CO)CCCCN1CCC(N(C)C)C1. The molecule has 2 unspecified atom stereocenters. The molecule has 0 saturated carbocycles. The quantitative estimate of drug-likeness (QED) is 0.597. The van der Waals surface area contributed by atoms with Crippen molar-refractivity contribution in [2.24, 2.45) is 0 Å². The first kappa shape index (κ1) is 17.9. The van der Waals surface area contributed by atoms with Crippen LogP contribution < -0.4 is 5.32 Å². The highest BCUT2D eigenvalue weighted by molar-refractivity contribution is 4.83. The van der Waals surface area contributed by atoms with Crippen molar-refractivity contribution in [2.75, 3.05) is 46.9 Å². The Kier molecular flexibility index (Phi) is 8.03. The molecule has 20 heavy (non-hydrogen) atoms. The number of hydrogen-bond donors (Lipinski definition) is 2. The molecule has 1 rings (SSSR count). The molecule has 0 aliphatic carbocycles. The van der Waals surface area contributed by atoms with Gasteiger partial charge in [-0.3, -0.25) is 0 Å². The van der Waals surface area contributed by atoms with Crippen LogP contribution in [-0.4, -0.2) is 73.4 Å². The summed E-state index contributed by atoms with van der Waals surface area (Å²) < 4.78 is 0. The van der Waals surface area contributed by atoms with Crippen LogP contribution in [-0.2, 0) is 0 Å². The number of rotatable bonds is 10. The van der Waals surface area contributed by atoms with E-state index in [1.807, 2.05) is 0 Å². The summed E-state index contributed by atoms with van der Waals surface area (Å²) in [5.74, 6) is 0. The van der Waals surface area contributed by atoms with Crippen molar-refractivity contribution in [3.05, 3.63) is 0 Å². The molecule has 0 spiro atoms. The van der Waals surface area contributed by atoms with Gasteiger partial charge in [-0.1, -0.05) is 13.3 Å². The van der Waals surface area contributed by atoms with E-state index in [4.69, 9.17) is 0 Å². The van der Waals surface area contributed by atoms with Gasteiger partial charge >= 0.3 is 0 Å². The maximum atomic E-state index is 9.54. The zero-order valence-electron chi connectivity index (χ0n) is 14.0. The van der Waals surface area contributed by atoms with E-state index in [0.29, 0.717) is 0 Å². The van der Waals surface area contributed by atoms with Crippen LogP contribution in [0.25, 0.3) is 0 Å². The van der Waals surface area contributed by atoms with Crippen molar-refractivity contribution in [1.29, 1.82) is 0 Å². The fourth-order valence-corrected chi connectivity index (χ4v) is 2.94. The van der Waals surface area contributed by atoms with Gasteiger partial charge in [0.2, 0.25) is 0 Å². The molecular weight excluding hydrogens is 250 g/mol. The first-order valence-corrected chi connectivity index (χ1v) is 8.25. The number of aliphatic hydroxyl groups is 1. The summed E-state index contributed by atoms with van der Waals surface area (Å²) in [5, 5.41) is 13.0. The molecular formula is C16H35N3O. The Bertz CT molecular complexity index is 260. The number of hydrogen-bond acceptors (Lipinski definition) is 4. The maximum Gasteiger partial charge on any atom is 0.0610 e. The molecule has 1 heterocycles. The summed E-state index contributed by atoms with van der Waals surface area (Å²) in [6, 6.07) is 0.740. The summed E-state index contributed by atoms with van der Waals surface area (Å²) in [4.78, 5) is 4.93. The third-order valence-corrected chi connectivity index (χ3v) is 4.58. The minimum absolute atomic E-state index is 0.0901. The van der Waals surface area contributed by atoms with E-state index < -0.39 is 0 Å². The van der Waals surface area contributed by atoms with E-state index in [2.05, 4.69) is 43.1 Å². The summed E-state index contributed by atoms with van der Waals surface area (Å²) in [7, 11) is 4.36. The fourth-order valence-electron chi connectivity index (χ4n) is 2.94. The Morgan fingerprint density at radius 3 is 2.65 bits per heavy atom. The molecule has 1 saturated heterocycles. The van der Waals surface area contributed by atoms with Crippen molar-refractivity contribution in [1.82, 2.24) is 15.1 Å². The van der Waals surface area contributed by atoms with E-state index in [-0.39, 0.29) is 12.1 Å². The van der Waals surface area contributed by atoms with Crippen LogP contribution in [0.1, 0.15) is 46.0 Å². The molecule has 0 aromatic rings. The average Bonchev–Trinajstić information content (AvgIpc) is 2.90. The largest absolute Gasteiger partial charge is 0.394 e. The Morgan fingerprint density at radius 2 is 2.10 bits per heavy atom. The van der Waals surface area contributed by atoms with Gasteiger partial charge in [-0.05, 0) is 66.3 Å². The summed E-state index contributed by atoms with van der Waals surface area (Å²) in [6.45, 7) is 9.21. The van der Waals surface area contributed by atoms with Crippen molar-refractivity contribution in [2.45, 2.75) is 57.5 Å². The summed E-state index contributed by atoms with van der Waals surface area (Å²) in [6.07, 6.45) is 5.92.